The fourth-order valence-corrected chi connectivity index (χ4v) is 2.49. The molecule has 1 fully saturated rings. The van der Waals surface area contributed by atoms with Crippen molar-refractivity contribution in [2.24, 2.45) is 7.05 Å². The smallest absolute Gasteiger partial charge is 0.316 e. The molecule has 8 nitrogen and oxygen atoms in total. The number of nitrogens with zero attached hydrogens (tertiary/aromatic N) is 5. The number of rotatable bonds is 4. The molecule has 0 amide bonds. The van der Waals surface area contributed by atoms with Gasteiger partial charge in [0.1, 0.15) is 11.9 Å². The first-order valence-electron chi connectivity index (χ1n) is 7.46. The maximum Gasteiger partial charge on any atom is 0.316 e. The van der Waals surface area contributed by atoms with Crippen molar-refractivity contribution in [3.8, 4) is 11.8 Å². The summed E-state index contributed by atoms with van der Waals surface area (Å²) in [5.74, 6) is 1.27. The van der Waals surface area contributed by atoms with Crippen LogP contribution in [0.25, 0.3) is 0 Å². The number of piperidine rings is 1. The Hall–Kier alpha value is -2.64. The summed E-state index contributed by atoms with van der Waals surface area (Å²) in [6.45, 7) is 1.50. The number of aryl methyl sites for hydroxylation is 1. The third-order valence-electron chi connectivity index (χ3n) is 3.78. The van der Waals surface area contributed by atoms with Crippen LogP contribution in [0.1, 0.15) is 12.8 Å². The van der Waals surface area contributed by atoms with Gasteiger partial charge in [-0.1, -0.05) is 0 Å². The maximum atomic E-state index is 11.7. The van der Waals surface area contributed by atoms with Gasteiger partial charge < -0.3 is 18.9 Å². The van der Waals surface area contributed by atoms with Crippen molar-refractivity contribution < 1.29 is 9.47 Å². The van der Waals surface area contributed by atoms with Gasteiger partial charge in [-0.3, -0.25) is 4.79 Å². The molecule has 0 aliphatic carbocycles. The van der Waals surface area contributed by atoms with Crippen molar-refractivity contribution in [3.05, 3.63) is 35.1 Å². The van der Waals surface area contributed by atoms with E-state index in [0.717, 1.165) is 19.4 Å². The standard InChI is InChI=1S/C15H19N5O3/c1-19-10-18-13(6-14(19)21)20-5-3-4-11(9-20)23-15-16-7-12(22-2)8-17-15/h6-8,10-11H,3-5,9H2,1-2H3. The zero-order valence-electron chi connectivity index (χ0n) is 13.2. The van der Waals surface area contributed by atoms with Crippen molar-refractivity contribution in [2.75, 3.05) is 25.1 Å². The highest BCUT2D eigenvalue weighted by molar-refractivity contribution is 5.37. The molecule has 0 saturated carbocycles. The van der Waals surface area contributed by atoms with Crippen LogP contribution in [0.3, 0.4) is 0 Å². The van der Waals surface area contributed by atoms with Gasteiger partial charge >= 0.3 is 6.01 Å². The molecule has 0 bridgehead atoms. The zero-order chi connectivity index (χ0) is 16.2. The Labute approximate surface area is 133 Å². The minimum Gasteiger partial charge on any atom is -0.494 e. The highest BCUT2D eigenvalue weighted by atomic mass is 16.5. The molecule has 1 unspecified atom stereocenters. The second-order valence-electron chi connectivity index (χ2n) is 5.43. The quantitative estimate of drug-likeness (QED) is 0.817. The van der Waals surface area contributed by atoms with Gasteiger partial charge in [-0.2, -0.15) is 9.97 Å². The summed E-state index contributed by atoms with van der Waals surface area (Å²) < 4.78 is 12.3. The lowest BCUT2D eigenvalue weighted by atomic mass is 10.1. The van der Waals surface area contributed by atoms with Crippen molar-refractivity contribution in [3.63, 3.8) is 0 Å². The normalized spacial score (nSPS) is 17.8. The molecule has 1 saturated heterocycles. The van der Waals surface area contributed by atoms with Crippen molar-refractivity contribution in [1.29, 1.82) is 0 Å². The van der Waals surface area contributed by atoms with Crippen LogP contribution in [-0.2, 0) is 7.05 Å². The van der Waals surface area contributed by atoms with Gasteiger partial charge in [-0.25, -0.2) is 4.98 Å². The first-order chi connectivity index (χ1) is 11.2. The number of anilines is 1. The molecule has 1 aliphatic rings. The number of methoxy groups -OCH3 is 1. The second kappa shape index (κ2) is 6.64. The summed E-state index contributed by atoms with van der Waals surface area (Å²) in [6, 6.07) is 1.88. The highest BCUT2D eigenvalue weighted by Crippen LogP contribution is 2.19. The van der Waals surface area contributed by atoms with Gasteiger partial charge in [0.15, 0.2) is 5.75 Å². The van der Waals surface area contributed by atoms with Crippen LogP contribution in [0.5, 0.6) is 11.8 Å². The lowest BCUT2D eigenvalue weighted by Crippen LogP contribution is -2.42. The number of aromatic nitrogens is 4. The zero-order valence-corrected chi connectivity index (χ0v) is 13.2. The van der Waals surface area contributed by atoms with E-state index in [9.17, 15) is 4.79 Å². The summed E-state index contributed by atoms with van der Waals surface area (Å²) in [7, 11) is 3.25. The molecule has 0 aromatic carbocycles. The van der Waals surface area contributed by atoms with Gasteiger partial charge in [0.05, 0.1) is 32.4 Å². The van der Waals surface area contributed by atoms with Crippen LogP contribution in [0, 0.1) is 0 Å². The summed E-state index contributed by atoms with van der Waals surface area (Å²) in [5, 5.41) is 0. The monoisotopic (exact) mass is 317 g/mol. The maximum absolute atomic E-state index is 11.7. The SMILES string of the molecule is COc1cnc(OC2CCCN(c3cc(=O)n(C)cn3)C2)nc1. The summed E-state index contributed by atoms with van der Waals surface area (Å²) in [6.07, 6.45) is 6.52. The van der Waals surface area contributed by atoms with E-state index in [1.807, 2.05) is 0 Å². The fourth-order valence-electron chi connectivity index (χ4n) is 2.49. The van der Waals surface area contributed by atoms with E-state index < -0.39 is 0 Å². The molecule has 8 heteroatoms. The van der Waals surface area contributed by atoms with Gasteiger partial charge in [0.2, 0.25) is 0 Å². The van der Waals surface area contributed by atoms with E-state index >= 15 is 0 Å². The molecular weight excluding hydrogens is 298 g/mol. The summed E-state index contributed by atoms with van der Waals surface area (Å²) in [4.78, 5) is 26.4. The van der Waals surface area contributed by atoms with Crippen LogP contribution >= 0.6 is 0 Å². The van der Waals surface area contributed by atoms with Gasteiger partial charge in [-0.05, 0) is 12.8 Å². The minimum atomic E-state index is -0.0727. The molecule has 2 aromatic heterocycles. The predicted octanol–water partition coefficient (Wildman–Crippen LogP) is 0.627. The molecule has 3 rings (SSSR count). The first-order valence-corrected chi connectivity index (χ1v) is 7.46. The van der Waals surface area contributed by atoms with Crippen LogP contribution in [-0.4, -0.2) is 45.8 Å². The van der Waals surface area contributed by atoms with Gasteiger partial charge in [0, 0.05) is 19.7 Å². The van der Waals surface area contributed by atoms with Crippen molar-refractivity contribution >= 4 is 5.82 Å². The highest BCUT2D eigenvalue weighted by Gasteiger charge is 2.23. The summed E-state index contributed by atoms with van der Waals surface area (Å²) in [5.41, 5.74) is -0.0727. The Morgan fingerprint density at radius 3 is 2.74 bits per heavy atom. The Kier molecular flexibility index (Phi) is 4.40. The average Bonchev–Trinajstić information content (AvgIpc) is 2.58. The number of hydrogen-bond donors (Lipinski definition) is 0. The van der Waals surface area contributed by atoms with Crippen LogP contribution in [0.2, 0.25) is 0 Å². The van der Waals surface area contributed by atoms with E-state index in [-0.39, 0.29) is 11.7 Å². The van der Waals surface area contributed by atoms with E-state index in [2.05, 4.69) is 19.9 Å². The lowest BCUT2D eigenvalue weighted by Gasteiger charge is -2.33. The molecule has 1 atom stereocenters. The Bertz CT molecular complexity index is 716. The van der Waals surface area contributed by atoms with E-state index in [4.69, 9.17) is 9.47 Å². The average molecular weight is 317 g/mol. The molecular formula is C15H19N5O3. The Balaban J connectivity index is 1.67. The molecule has 0 spiro atoms. The number of ether oxygens (including phenoxy) is 2. The third-order valence-corrected chi connectivity index (χ3v) is 3.78. The van der Waals surface area contributed by atoms with Crippen molar-refractivity contribution in [2.45, 2.75) is 18.9 Å². The molecule has 3 heterocycles. The predicted molar refractivity (Wildman–Crippen MR) is 83.9 cm³/mol. The van der Waals surface area contributed by atoms with Crippen LogP contribution in [0.4, 0.5) is 5.82 Å². The molecule has 23 heavy (non-hydrogen) atoms. The van der Waals surface area contributed by atoms with Gasteiger partial charge in [-0.15, -0.1) is 0 Å². The molecule has 122 valence electrons. The fraction of sp³-hybridized carbons (Fsp3) is 0.467. The van der Waals surface area contributed by atoms with E-state index in [0.29, 0.717) is 24.1 Å². The Morgan fingerprint density at radius 1 is 1.26 bits per heavy atom. The molecule has 0 radical (unpaired) electrons. The number of hydrogen-bond acceptors (Lipinski definition) is 7. The first kappa shape index (κ1) is 15.3. The summed E-state index contributed by atoms with van der Waals surface area (Å²) >= 11 is 0. The topological polar surface area (TPSA) is 82.4 Å². The van der Waals surface area contributed by atoms with Crippen molar-refractivity contribution in [1.82, 2.24) is 19.5 Å². The molecule has 0 N–H and O–H groups in total. The minimum absolute atomic E-state index is 0.0389. The van der Waals surface area contributed by atoms with Crippen LogP contribution in [0.15, 0.2) is 29.6 Å². The van der Waals surface area contributed by atoms with Crippen LogP contribution < -0.4 is 19.9 Å². The third kappa shape index (κ3) is 3.58. The van der Waals surface area contributed by atoms with Gasteiger partial charge in [0.25, 0.3) is 5.56 Å². The second-order valence-corrected chi connectivity index (χ2v) is 5.43. The van der Waals surface area contributed by atoms with E-state index in [1.165, 1.54) is 10.9 Å². The largest absolute Gasteiger partial charge is 0.494 e. The Morgan fingerprint density at radius 2 is 2.04 bits per heavy atom. The lowest BCUT2D eigenvalue weighted by molar-refractivity contribution is 0.163. The molecule has 1 aliphatic heterocycles. The van der Waals surface area contributed by atoms with E-state index in [1.54, 1.807) is 32.6 Å². The molecule has 2 aromatic rings.